The van der Waals surface area contributed by atoms with E-state index in [1.807, 2.05) is 12.1 Å². The largest absolute Gasteiger partial charge is 0.465 e. The number of likely N-dealkylation sites (N-methyl/N-ethyl adjacent to an activating group) is 1. The number of hydrogen-bond donors (Lipinski definition) is 2. The predicted octanol–water partition coefficient (Wildman–Crippen LogP) is 7.43. The lowest BCUT2D eigenvalue weighted by Crippen LogP contribution is -2.68. The summed E-state index contributed by atoms with van der Waals surface area (Å²) in [4.78, 5) is 28.6. The zero-order valence-electron chi connectivity index (χ0n) is 30.9. The molecule has 6 aliphatic rings. The van der Waals surface area contributed by atoms with Crippen LogP contribution in [0, 0.1) is 51.2 Å². The van der Waals surface area contributed by atoms with Gasteiger partial charge in [0.25, 0.3) is 0 Å². The second-order valence-corrected chi connectivity index (χ2v) is 18.6. The Kier molecular flexibility index (Phi) is 7.89. The summed E-state index contributed by atoms with van der Waals surface area (Å²) in [5.41, 5.74) is 2.80. The van der Waals surface area contributed by atoms with Crippen molar-refractivity contribution in [2.75, 3.05) is 34.3 Å². The van der Waals surface area contributed by atoms with Crippen LogP contribution in [0.3, 0.4) is 0 Å². The van der Waals surface area contributed by atoms with Gasteiger partial charge in [-0.3, -0.25) is 4.79 Å². The molecule has 1 aliphatic heterocycles. The molecule has 1 saturated heterocycles. The molecule has 0 radical (unpaired) electrons. The Morgan fingerprint density at radius 1 is 0.894 bits per heavy atom. The van der Waals surface area contributed by atoms with Crippen molar-refractivity contribution in [2.45, 2.75) is 123 Å². The zero-order valence-corrected chi connectivity index (χ0v) is 30.9. The minimum atomic E-state index is -0.266. The molecule has 6 nitrogen and oxygen atoms in total. The van der Waals surface area contributed by atoms with Crippen molar-refractivity contribution in [3.8, 4) is 0 Å². The van der Waals surface area contributed by atoms with Crippen LogP contribution in [0.4, 0.5) is 0 Å². The van der Waals surface area contributed by atoms with Gasteiger partial charge in [-0.1, -0.05) is 46.8 Å². The van der Waals surface area contributed by atoms with Gasteiger partial charge < -0.3 is 20.3 Å². The highest BCUT2D eigenvalue weighted by Crippen LogP contribution is 2.80. The van der Waals surface area contributed by atoms with E-state index in [4.69, 9.17) is 4.74 Å². The van der Waals surface area contributed by atoms with E-state index in [-0.39, 0.29) is 38.7 Å². The Morgan fingerprint density at radius 2 is 1.60 bits per heavy atom. The van der Waals surface area contributed by atoms with E-state index in [2.05, 4.69) is 83.3 Å². The van der Waals surface area contributed by atoms with Crippen LogP contribution in [0.1, 0.15) is 128 Å². The second kappa shape index (κ2) is 11.0. The lowest BCUT2D eigenvalue weighted by atomic mass is 9.32. The third-order valence-electron chi connectivity index (χ3n) is 16.8. The standard InChI is InChI=1S/C41H63N3O3/c1-26(2)29-16-19-40(35(46)42-24-25-44(7)8)22-20-36(3)31(33(29)40)14-15-32-37(36,4)21-23-41-38(32,5)18-17-30(39(41,6)43-41)27-10-12-28(13-11-27)34(45)47-9/h10-13,26,29-33,43H,14-25H2,1-9H3,(H,42,46)/t29-,30?,31+,32-,33+,36+,37+,38+,39?,40-,41-/m0/s1. The van der Waals surface area contributed by atoms with E-state index >= 15 is 0 Å². The van der Waals surface area contributed by atoms with Crippen molar-refractivity contribution in [1.29, 1.82) is 0 Å². The first kappa shape index (κ1) is 33.6. The number of ether oxygens (including phenoxy) is 1. The molecular weight excluding hydrogens is 582 g/mol. The van der Waals surface area contributed by atoms with Gasteiger partial charge in [-0.05, 0) is 149 Å². The Bertz CT molecular complexity index is 1410. The first-order valence-corrected chi connectivity index (χ1v) is 19.0. The smallest absolute Gasteiger partial charge is 0.337 e. The summed E-state index contributed by atoms with van der Waals surface area (Å²) in [7, 11) is 5.63. The average molecular weight is 646 g/mol. The van der Waals surface area contributed by atoms with Gasteiger partial charge in [-0.15, -0.1) is 0 Å². The average Bonchev–Trinajstić information content (AvgIpc) is 3.48. The topological polar surface area (TPSA) is 80.6 Å². The quantitative estimate of drug-likeness (QED) is 0.238. The third-order valence-corrected chi connectivity index (χ3v) is 16.8. The molecular formula is C41H63N3O3. The van der Waals surface area contributed by atoms with Gasteiger partial charge in [-0.25, -0.2) is 4.79 Å². The van der Waals surface area contributed by atoms with Crippen LogP contribution >= 0.6 is 0 Å². The predicted molar refractivity (Wildman–Crippen MR) is 188 cm³/mol. The maximum atomic E-state index is 14.3. The molecule has 47 heavy (non-hydrogen) atoms. The number of methoxy groups -OCH3 is 1. The summed E-state index contributed by atoms with van der Waals surface area (Å²) in [6.45, 7) is 17.1. The second-order valence-electron chi connectivity index (χ2n) is 18.6. The molecule has 0 aromatic heterocycles. The molecule has 5 saturated carbocycles. The van der Waals surface area contributed by atoms with E-state index in [0.717, 1.165) is 25.9 Å². The van der Waals surface area contributed by atoms with Crippen molar-refractivity contribution in [1.82, 2.24) is 15.5 Å². The van der Waals surface area contributed by atoms with E-state index in [1.54, 1.807) is 0 Å². The number of nitrogens with zero attached hydrogens (tertiary/aromatic N) is 1. The lowest BCUT2D eigenvalue weighted by molar-refractivity contribution is -0.220. The van der Waals surface area contributed by atoms with Crippen molar-refractivity contribution < 1.29 is 14.3 Å². The molecule has 260 valence electrons. The number of carbonyl (C=O) groups is 2. The summed E-state index contributed by atoms with van der Waals surface area (Å²) in [5, 5.41) is 7.71. The fourth-order valence-corrected chi connectivity index (χ4v) is 14.1. The molecule has 1 aromatic carbocycles. The molecule has 11 atom stereocenters. The van der Waals surface area contributed by atoms with Crippen molar-refractivity contribution >= 4 is 11.9 Å². The van der Waals surface area contributed by atoms with E-state index in [0.29, 0.717) is 47.0 Å². The van der Waals surface area contributed by atoms with Gasteiger partial charge >= 0.3 is 5.97 Å². The normalized spacial score (nSPS) is 46.5. The molecule has 6 fully saturated rings. The van der Waals surface area contributed by atoms with Crippen LogP contribution in [0.5, 0.6) is 0 Å². The van der Waals surface area contributed by atoms with Gasteiger partial charge in [0, 0.05) is 30.1 Å². The maximum Gasteiger partial charge on any atom is 0.337 e. The molecule has 1 heterocycles. The molecule has 1 amide bonds. The van der Waals surface area contributed by atoms with Crippen molar-refractivity contribution in [3.05, 3.63) is 35.4 Å². The van der Waals surface area contributed by atoms with E-state index < -0.39 is 0 Å². The van der Waals surface area contributed by atoms with Crippen LogP contribution in [0.25, 0.3) is 0 Å². The van der Waals surface area contributed by atoms with Gasteiger partial charge in [0.05, 0.1) is 18.1 Å². The SMILES string of the molecule is COC(=O)c1ccc(C2CC[C@]3(C)[C@H]4CC[C@@H]5[C@H]6[C@H](C(C)C)CC[C@]6(C(=O)NCCN(C)C)CC[C@@]5(C)[C@]4(C)CC[C@]34NC24C)cc1. The van der Waals surface area contributed by atoms with Crippen molar-refractivity contribution in [3.63, 3.8) is 0 Å². The number of hydrogen-bond acceptors (Lipinski definition) is 5. The fraction of sp³-hybridized carbons (Fsp3) is 0.805. The number of esters is 1. The van der Waals surface area contributed by atoms with Gasteiger partial charge in [0.2, 0.25) is 5.91 Å². The molecule has 1 aromatic rings. The maximum absolute atomic E-state index is 14.3. The number of fused-ring (bicyclic) bond motifs is 6. The molecule has 1 spiro atoms. The molecule has 7 rings (SSSR count). The van der Waals surface area contributed by atoms with Crippen LogP contribution in [0.15, 0.2) is 24.3 Å². The van der Waals surface area contributed by atoms with Gasteiger partial charge in [-0.2, -0.15) is 0 Å². The Hall–Kier alpha value is -1.92. The fourth-order valence-electron chi connectivity index (χ4n) is 14.1. The molecule has 0 bridgehead atoms. The monoisotopic (exact) mass is 645 g/mol. The Morgan fingerprint density at radius 3 is 2.26 bits per heavy atom. The summed E-state index contributed by atoms with van der Waals surface area (Å²) < 4.78 is 4.97. The highest BCUT2D eigenvalue weighted by molar-refractivity contribution is 5.89. The number of nitrogens with one attached hydrogen (secondary N) is 2. The van der Waals surface area contributed by atoms with E-state index in [9.17, 15) is 9.59 Å². The summed E-state index contributed by atoms with van der Waals surface area (Å²) >= 11 is 0. The zero-order chi connectivity index (χ0) is 33.8. The molecule has 2 unspecified atom stereocenters. The van der Waals surface area contributed by atoms with E-state index in [1.165, 1.54) is 64.0 Å². The Labute approximate surface area is 284 Å². The Balaban J connectivity index is 1.18. The first-order chi connectivity index (χ1) is 22.1. The summed E-state index contributed by atoms with van der Waals surface area (Å²) in [5.74, 6) is 3.60. The van der Waals surface area contributed by atoms with Gasteiger partial charge in [0.1, 0.15) is 0 Å². The summed E-state index contributed by atoms with van der Waals surface area (Å²) in [6, 6.07) is 8.25. The number of rotatable bonds is 7. The van der Waals surface area contributed by atoms with Gasteiger partial charge in [0.15, 0.2) is 0 Å². The first-order valence-electron chi connectivity index (χ1n) is 19.0. The molecule has 5 aliphatic carbocycles. The number of amides is 1. The van der Waals surface area contributed by atoms with Crippen LogP contribution in [-0.2, 0) is 9.53 Å². The minimum absolute atomic E-state index is 0.0758. The minimum Gasteiger partial charge on any atom is -0.465 e. The van der Waals surface area contributed by atoms with Crippen LogP contribution in [0.2, 0.25) is 0 Å². The third kappa shape index (κ3) is 4.34. The summed E-state index contributed by atoms with van der Waals surface area (Å²) in [6.07, 6.45) is 12.0. The molecule has 6 heteroatoms. The number of benzene rings is 1. The van der Waals surface area contributed by atoms with Crippen LogP contribution in [-0.4, -0.2) is 62.1 Å². The molecule has 2 N–H and O–H groups in total. The highest BCUT2D eigenvalue weighted by atomic mass is 16.5. The van der Waals surface area contributed by atoms with Crippen LogP contribution < -0.4 is 10.6 Å². The van der Waals surface area contributed by atoms with Crippen molar-refractivity contribution in [2.24, 2.45) is 51.2 Å². The highest BCUT2D eigenvalue weighted by Gasteiger charge is 2.82. The number of carbonyl (C=O) groups excluding carboxylic acids is 2. The lowest BCUT2D eigenvalue weighted by Gasteiger charge is -2.71.